The molecule has 1 aromatic carbocycles. The van der Waals surface area contributed by atoms with Crippen molar-refractivity contribution in [3.8, 4) is 0 Å². The van der Waals surface area contributed by atoms with E-state index in [0.29, 0.717) is 11.8 Å². The Morgan fingerprint density at radius 2 is 1.90 bits per heavy atom. The van der Waals surface area contributed by atoms with Crippen LogP contribution in [0.2, 0.25) is 0 Å². The van der Waals surface area contributed by atoms with Crippen molar-refractivity contribution in [2.75, 3.05) is 39.3 Å². The minimum atomic E-state index is 0.0154. The van der Waals surface area contributed by atoms with Crippen LogP contribution in [0, 0.1) is 0 Å². The van der Waals surface area contributed by atoms with Crippen LogP contribution in [0.3, 0.4) is 0 Å². The molecule has 2 heterocycles. The van der Waals surface area contributed by atoms with Crippen molar-refractivity contribution in [1.29, 1.82) is 0 Å². The average molecular weight is 287 g/mol. The first-order valence-corrected chi connectivity index (χ1v) is 8.04. The quantitative estimate of drug-likeness (QED) is 0.910. The van der Waals surface area contributed by atoms with E-state index in [0.717, 1.165) is 45.7 Å². The molecular weight excluding hydrogens is 262 g/mol. The van der Waals surface area contributed by atoms with E-state index in [9.17, 15) is 4.79 Å². The van der Waals surface area contributed by atoms with Gasteiger partial charge in [-0.25, -0.2) is 0 Å². The second kappa shape index (κ2) is 6.58. The van der Waals surface area contributed by atoms with E-state index in [1.165, 1.54) is 5.56 Å². The number of benzene rings is 1. The lowest BCUT2D eigenvalue weighted by Crippen LogP contribution is -2.53. The van der Waals surface area contributed by atoms with Crippen LogP contribution in [0.1, 0.15) is 24.8 Å². The molecule has 4 nitrogen and oxygen atoms in total. The molecule has 3 rings (SSSR count). The van der Waals surface area contributed by atoms with Crippen LogP contribution in [0.5, 0.6) is 0 Å². The van der Waals surface area contributed by atoms with E-state index in [1.807, 2.05) is 6.07 Å². The minimum absolute atomic E-state index is 0.0154. The second-order valence-corrected chi connectivity index (χ2v) is 6.14. The lowest BCUT2D eigenvalue weighted by molar-refractivity contribution is -0.135. The number of nitrogens with one attached hydrogen (secondary N) is 1. The molecule has 0 radical (unpaired) electrons. The number of nitrogens with zero attached hydrogens (tertiary/aromatic N) is 2. The summed E-state index contributed by atoms with van der Waals surface area (Å²) in [6.07, 6.45) is 1.09. The Balaban J connectivity index is 1.59. The van der Waals surface area contributed by atoms with E-state index < -0.39 is 0 Å². The minimum Gasteiger partial charge on any atom is -0.341 e. The summed E-state index contributed by atoms with van der Waals surface area (Å²) in [6.45, 7) is 7.76. The maximum Gasteiger partial charge on any atom is 0.239 e. The number of hydrogen-bond donors (Lipinski definition) is 1. The van der Waals surface area contributed by atoms with E-state index in [2.05, 4.69) is 46.3 Å². The van der Waals surface area contributed by atoms with E-state index >= 15 is 0 Å². The van der Waals surface area contributed by atoms with Gasteiger partial charge in [-0.2, -0.15) is 0 Å². The summed E-state index contributed by atoms with van der Waals surface area (Å²) in [5.41, 5.74) is 1.36. The molecule has 2 unspecified atom stereocenters. The lowest BCUT2D eigenvalue weighted by Gasteiger charge is -2.34. The largest absolute Gasteiger partial charge is 0.341 e. The Morgan fingerprint density at radius 3 is 2.62 bits per heavy atom. The van der Waals surface area contributed by atoms with Gasteiger partial charge in [-0.15, -0.1) is 0 Å². The normalized spacial score (nSPS) is 25.0. The number of likely N-dealkylation sites (tertiary alicyclic amines) is 1. The molecular formula is C17H25N3O. The van der Waals surface area contributed by atoms with Crippen molar-refractivity contribution in [2.24, 2.45) is 0 Å². The molecule has 1 amide bonds. The standard InChI is InChI=1S/C17H25N3O/c1-14(19-11-8-18-9-12-19)17(21)20-10-7-16(13-20)15-5-3-2-4-6-15/h2-6,14,16,18H,7-13H2,1H3. The molecule has 4 heteroatoms. The van der Waals surface area contributed by atoms with Gasteiger partial charge < -0.3 is 10.2 Å². The highest BCUT2D eigenvalue weighted by molar-refractivity contribution is 5.81. The second-order valence-electron chi connectivity index (χ2n) is 6.14. The molecule has 1 N–H and O–H groups in total. The first-order valence-electron chi connectivity index (χ1n) is 8.04. The summed E-state index contributed by atoms with van der Waals surface area (Å²) in [5.74, 6) is 0.806. The number of carbonyl (C=O) groups excluding carboxylic acids is 1. The van der Waals surface area contributed by atoms with Gasteiger partial charge in [0.15, 0.2) is 0 Å². The van der Waals surface area contributed by atoms with Crippen molar-refractivity contribution in [1.82, 2.24) is 15.1 Å². The van der Waals surface area contributed by atoms with E-state index in [-0.39, 0.29) is 6.04 Å². The topological polar surface area (TPSA) is 35.6 Å². The van der Waals surface area contributed by atoms with Crippen molar-refractivity contribution < 1.29 is 4.79 Å². The highest BCUT2D eigenvalue weighted by Crippen LogP contribution is 2.27. The Labute approximate surface area is 127 Å². The predicted molar refractivity (Wildman–Crippen MR) is 84.3 cm³/mol. The maximum atomic E-state index is 12.7. The van der Waals surface area contributed by atoms with Crippen LogP contribution < -0.4 is 5.32 Å². The Kier molecular flexibility index (Phi) is 4.56. The first kappa shape index (κ1) is 14.5. The molecule has 114 valence electrons. The molecule has 21 heavy (non-hydrogen) atoms. The SMILES string of the molecule is CC(C(=O)N1CCC(c2ccccc2)C1)N1CCNCC1. The van der Waals surface area contributed by atoms with Gasteiger partial charge in [-0.05, 0) is 18.9 Å². The Hall–Kier alpha value is -1.39. The first-order chi connectivity index (χ1) is 10.3. The zero-order valence-electron chi connectivity index (χ0n) is 12.8. The van der Waals surface area contributed by atoms with Crippen molar-refractivity contribution in [3.05, 3.63) is 35.9 Å². The Bertz CT molecular complexity index is 470. The monoisotopic (exact) mass is 287 g/mol. The molecule has 2 atom stereocenters. The third-order valence-corrected chi connectivity index (χ3v) is 4.83. The average Bonchev–Trinajstić information content (AvgIpc) is 3.05. The van der Waals surface area contributed by atoms with Gasteiger partial charge in [-0.1, -0.05) is 30.3 Å². The van der Waals surface area contributed by atoms with E-state index in [4.69, 9.17) is 0 Å². The van der Waals surface area contributed by atoms with Crippen LogP contribution in [0.25, 0.3) is 0 Å². The van der Waals surface area contributed by atoms with Crippen molar-refractivity contribution >= 4 is 5.91 Å². The van der Waals surface area contributed by atoms with Gasteiger partial charge >= 0.3 is 0 Å². The zero-order valence-corrected chi connectivity index (χ0v) is 12.8. The highest BCUT2D eigenvalue weighted by Gasteiger charge is 2.32. The van der Waals surface area contributed by atoms with E-state index in [1.54, 1.807) is 0 Å². The molecule has 1 aromatic rings. The van der Waals surface area contributed by atoms with Crippen molar-refractivity contribution in [2.45, 2.75) is 25.3 Å². The van der Waals surface area contributed by atoms with Gasteiger partial charge in [0.05, 0.1) is 6.04 Å². The Morgan fingerprint density at radius 1 is 1.19 bits per heavy atom. The summed E-state index contributed by atoms with van der Waals surface area (Å²) in [5, 5.41) is 3.34. The fraction of sp³-hybridized carbons (Fsp3) is 0.588. The molecule has 2 aliphatic heterocycles. The molecule has 2 fully saturated rings. The fourth-order valence-electron chi connectivity index (χ4n) is 3.45. The number of amides is 1. The molecule has 0 aromatic heterocycles. The number of piperazine rings is 1. The number of carbonyl (C=O) groups is 1. The van der Waals surface area contributed by atoms with Crippen LogP contribution in [-0.2, 0) is 4.79 Å². The lowest BCUT2D eigenvalue weighted by atomic mass is 9.99. The third-order valence-electron chi connectivity index (χ3n) is 4.83. The van der Waals surface area contributed by atoms with Gasteiger partial charge in [0, 0.05) is 45.2 Å². The third kappa shape index (κ3) is 3.27. The van der Waals surface area contributed by atoms with Crippen LogP contribution >= 0.6 is 0 Å². The molecule has 0 bridgehead atoms. The van der Waals surface area contributed by atoms with Crippen LogP contribution in [0.15, 0.2) is 30.3 Å². The van der Waals surface area contributed by atoms with Gasteiger partial charge in [0.2, 0.25) is 5.91 Å². The molecule has 0 aliphatic carbocycles. The maximum absolute atomic E-state index is 12.7. The van der Waals surface area contributed by atoms with Crippen LogP contribution in [-0.4, -0.2) is 61.0 Å². The summed E-state index contributed by atoms with van der Waals surface area (Å²) < 4.78 is 0. The smallest absolute Gasteiger partial charge is 0.239 e. The summed E-state index contributed by atoms with van der Waals surface area (Å²) in [7, 11) is 0. The van der Waals surface area contributed by atoms with Crippen molar-refractivity contribution in [3.63, 3.8) is 0 Å². The summed E-state index contributed by atoms with van der Waals surface area (Å²) in [4.78, 5) is 17.0. The predicted octanol–water partition coefficient (Wildman–Crippen LogP) is 1.30. The van der Waals surface area contributed by atoms with Gasteiger partial charge in [0.1, 0.15) is 0 Å². The molecule has 2 saturated heterocycles. The molecule has 0 saturated carbocycles. The summed E-state index contributed by atoms with van der Waals surface area (Å²) in [6, 6.07) is 10.6. The van der Waals surface area contributed by atoms with Gasteiger partial charge in [-0.3, -0.25) is 9.69 Å². The zero-order chi connectivity index (χ0) is 14.7. The molecule has 2 aliphatic rings. The summed E-state index contributed by atoms with van der Waals surface area (Å²) >= 11 is 0. The van der Waals surface area contributed by atoms with Crippen LogP contribution in [0.4, 0.5) is 0 Å². The highest BCUT2D eigenvalue weighted by atomic mass is 16.2. The molecule has 0 spiro atoms. The fourth-order valence-corrected chi connectivity index (χ4v) is 3.45. The number of hydrogen-bond acceptors (Lipinski definition) is 3. The van der Waals surface area contributed by atoms with Gasteiger partial charge in [0.25, 0.3) is 0 Å². The number of rotatable bonds is 3.